The second kappa shape index (κ2) is 7.90. The van der Waals surface area contributed by atoms with Crippen LogP contribution < -0.4 is 21.8 Å². The first-order chi connectivity index (χ1) is 14.8. The first-order valence-electron chi connectivity index (χ1n) is 9.40. The van der Waals surface area contributed by atoms with Crippen LogP contribution in [0.2, 0.25) is 0 Å². The largest absolute Gasteiger partial charge is 0.358 e. The summed E-state index contributed by atoms with van der Waals surface area (Å²) < 4.78 is 13.6. The molecule has 158 valence electrons. The average Bonchev–Trinajstić information content (AvgIpc) is 3.04. The van der Waals surface area contributed by atoms with Gasteiger partial charge in [0.1, 0.15) is 5.82 Å². The third kappa shape index (κ3) is 3.95. The lowest BCUT2D eigenvalue weighted by Gasteiger charge is -2.09. The van der Waals surface area contributed by atoms with E-state index in [1.165, 1.54) is 30.3 Å². The number of nitrogens with one attached hydrogen (secondary N) is 5. The van der Waals surface area contributed by atoms with E-state index in [1.54, 1.807) is 13.0 Å². The highest BCUT2D eigenvalue weighted by Gasteiger charge is 2.15. The maximum Gasteiger partial charge on any atom is 0.272 e. The number of halogens is 1. The van der Waals surface area contributed by atoms with Crippen molar-refractivity contribution in [2.75, 3.05) is 11.9 Å². The molecule has 0 saturated carbocycles. The summed E-state index contributed by atoms with van der Waals surface area (Å²) in [5.74, 6) is -1.39. The van der Waals surface area contributed by atoms with Crippen molar-refractivity contribution in [1.82, 2.24) is 20.5 Å². The molecular weight excluding hydrogens is 405 g/mol. The number of rotatable bonds is 5. The van der Waals surface area contributed by atoms with Crippen LogP contribution in [0, 0.1) is 12.7 Å². The fraction of sp³-hybridized carbons (Fsp3) is 0.143. The molecule has 0 unspecified atom stereocenters. The van der Waals surface area contributed by atoms with Gasteiger partial charge in [0.05, 0.1) is 29.4 Å². The van der Waals surface area contributed by atoms with Crippen molar-refractivity contribution in [2.45, 2.75) is 13.3 Å². The monoisotopic (exact) mass is 423 g/mol. The zero-order valence-electron chi connectivity index (χ0n) is 16.4. The molecule has 0 aliphatic heterocycles. The van der Waals surface area contributed by atoms with Crippen molar-refractivity contribution < 1.29 is 14.0 Å². The van der Waals surface area contributed by atoms with Crippen LogP contribution in [0.25, 0.3) is 21.7 Å². The number of amides is 2. The van der Waals surface area contributed by atoms with E-state index in [1.807, 2.05) is 0 Å². The molecule has 31 heavy (non-hydrogen) atoms. The van der Waals surface area contributed by atoms with Crippen LogP contribution in [-0.4, -0.2) is 33.5 Å². The van der Waals surface area contributed by atoms with E-state index < -0.39 is 28.8 Å². The number of anilines is 1. The van der Waals surface area contributed by atoms with Crippen molar-refractivity contribution in [3.63, 3.8) is 0 Å². The molecule has 2 aromatic heterocycles. The normalized spacial score (nSPS) is 11.0. The van der Waals surface area contributed by atoms with E-state index in [-0.39, 0.29) is 29.4 Å². The number of aromatic amines is 3. The van der Waals surface area contributed by atoms with Crippen LogP contribution in [0.5, 0.6) is 0 Å². The van der Waals surface area contributed by atoms with E-state index in [0.717, 1.165) is 11.2 Å². The van der Waals surface area contributed by atoms with Gasteiger partial charge in [-0.2, -0.15) is 0 Å². The van der Waals surface area contributed by atoms with Crippen LogP contribution >= 0.6 is 0 Å². The molecule has 4 aromatic rings. The first kappa shape index (κ1) is 20.1. The fourth-order valence-corrected chi connectivity index (χ4v) is 3.51. The van der Waals surface area contributed by atoms with Gasteiger partial charge in [0.25, 0.3) is 11.1 Å². The summed E-state index contributed by atoms with van der Waals surface area (Å²) in [6.07, 6.45) is -0.0358. The number of hydrogen-bond donors (Lipinski definition) is 5. The Labute approximate surface area is 173 Å². The zero-order chi connectivity index (χ0) is 22.1. The lowest BCUT2D eigenvalue weighted by atomic mass is 10.1. The van der Waals surface area contributed by atoms with Crippen LogP contribution in [0.4, 0.5) is 10.1 Å². The smallest absolute Gasteiger partial charge is 0.272 e. The van der Waals surface area contributed by atoms with Crippen LogP contribution in [0.1, 0.15) is 11.3 Å². The Bertz CT molecular complexity index is 1450. The number of hydrogen-bond acceptors (Lipinski definition) is 4. The van der Waals surface area contributed by atoms with Gasteiger partial charge in [0.2, 0.25) is 11.8 Å². The summed E-state index contributed by atoms with van der Waals surface area (Å²) in [4.78, 5) is 51.7. The number of carbonyl (C=O) groups excluding carboxylic acids is 2. The highest BCUT2D eigenvalue weighted by molar-refractivity contribution is 6.03. The third-order valence-corrected chi connectivity index (χ3v) is 4.96. The molecule has 0 bridgehead atoms. The van der Waals surface area contributed by atoms with Crippen molar-refractivity contribution in [3.05, 3.63) is 74.2 Å². The van der Waals surface area contributed by atoms with E-state index in [2.05, 4.69) is 25.8 Å². The second-order valence-corrected chi connectivity index (χ2v) is 7.06. The molecule has 5 N–H and O–H groups in total. The highest BCUT2D eigenvalue weighted by Crippen LogP contribution is 2.23. The lowest BCUT2D eigenvalue weighted by Crippen LogP contribution is -2.34. The molecule has 4 rings (SSSR count). The van der Waals surface area contributed by atoms with Crippen LogP contribution in [0.15, 0.2) is 46.0 Å². The lowest BCUT2D eigenvalue weighted by molar-refractivity contribution is -0.123. The van der Waals surface area contributed by atoms with Gasteiger partial charge in [0.15, 0.2) is 0 Å². The molecular formula is C21H18FN5O4. The Morgan fingerprint density at radius 2 is 1.77 bits per heavy atom. The van der Waals surface area contributed by atoms with Crippen molar-refractivity contribution in [1.29, 1.82) is 0 Å². The van der Waals surface area contributed by atoms with E-state index in [0.29, 0.717) is 10.9 Å². The van der Waals surface area contributed by atoms with Gasteiger partial charge < -0.3 is 15.6 Å². The summed E-state index contributed by atoms with van der Waals surface area (Å²) in [6, 6.07) is 8.77. The third-order valence-electron chi connectivity index (χ3n) is 4.96. The van der Waals surface area contributed by atoms with Gasteiger partial charge in [-0.05, 0) is 42.8 Å². The van der Waals surface area contributed by atoms with Gasteiger partial charge in [-0.15, -0.1) is 0 Å². The molecule has 2 aromatic carbocycles. The second-order valence-electron chi connectivity index (χ2n) is 7.06. The molecule has 0 fully saturated rings. The Morgan fingerprint density at radius 3 is 2.58 bits per heavy atom. The van der Waals surface area contributed by atoms with E-state index in [9.17, 15) is 23.6 Å². The maximum absolute atomic E-state index is 13.6. The molecule has 0 aliphatic carbocycles. The minimum atomic E-state index is -0.567. The predicted molar refractivity (Wildman–Crippen MR) is 114 cm³/mol. The number of fused-ring (bicyclic) bond motifs is 2. The van der Waals surface area contributed by atoms with Crippen LogP contribution in [-0.2, 0) is 16.0 Å². The highest BCUT2D eigenvalue weighted by atomic mass is 19.1. The number of carbonyl (C=O) groups is 2. The Hall–Kier alpha value is -4.21. The van der Waals surface area contributed by atoms with Crippen molar-refractivity contribution in [2.24, 2.45) is 0 Å². The Morgan fingerprint density at radius 1 is 1.00 bits per heavy atom. The standard InChI is InChI=1S/C21H18FN5O4/c1-10-13(14-7-11(22)5-6-15(14)24-10)8-17(28)23-9-18(29)25-16-4-2-3-12-19(16)21(31)27-26-20(12)30/h2-7,24H,8-9H2,1H3,(H,23,28)(H,25,29)(H,26,30)(H,27,31). The molecule has 0 aliphatic rings. The van der Waals surface area contributed by atoms with Crippen molar-refractivity contribution in [3.8, 4) is 0 Å². The molecule has 0 saturated heterocycles. The average molecular weight is 423 g/mol. The SMILES string of the molecule is Cc1[nH]c2ccc(F)cc2c1CC(=O)NCC(=O)Nc1cccc2c(=O)[nH][nH]c(=O)c12. The van der Waals surface area contributed by atoms with Gasteiger partial charge in [-0.3, -0.25) is 29.4 Å². The summed E-state index contributed by atoms with van der Waals surface area (Å²) >= 11 is 0. The van der Waals surface area contributed by atoms with E-state index in [4.69, 9.17) is 0 Å². The van der Waals surface area contributed by atoms with Gasteiger partial charge in [-0.25, -0.2) is 4.39 Å². The quantitative estimate of drug-likeness (QED) is 0.331. The Kier molecular flexibility index (Phi) is 5.12. The summed E-state index contributed by atoms with van der Waals surface area (Å²) in [7, 11) is 0. The van der Waals surface area contributed by atoms with E-state index >= 15 is 0 Å². The van der Waals surface area contributed by atoms with Gasteiger partial charge >= 0.3 is 0 Å². The minimum Gasteiger partial charge on any atom is -0.358 e. The summed E-state index contributed by atoms with van der Waals surface area (Å²) in [5.41, 5.74) is 1.20. The number of aryl methyl sites for hydroxylation is 1. The molecule has 0 radical (unpaired) electrons. The molecule has 0 atom stereocenters. The minimum absolute atomic E-state index is 0.0358. The summed E-state index contributed by atoms with van der Waals surface area (Å²) in [5, 5.41) is 10.3. The first-order valence-corrected chi connectivity index (χ1v) is 9.40. The topological polar surface area (TPSA) is 140 Å². The van der Waals surface area contributed by atoms with Crippen LogP contribution in [0.3, 0.4) is 0 Å². The molecule has 2 heterocycles. The molecule has 0 spiro atoms. The number of benzene rings is 2. The number of aromatic nitrogens is 3. The molecule has 2 amide bonds. The summed E-state index contributed by atoms with van der Waals surface area (Å²) in [6.45, 7) is 1.44. The van der Waals surface area contributed by atoms with Crippen molar-refractivity contribution >= 4 is 39.2 Å². The Balaban J connectivity index is 1.45. The number of H-pyrrole nitrogens is 3. The molecule has 10 heteroatoms. The zero-order valence-corrected chi connectivity index (χ0v) is 16.4. The molecule has 9 nitrogen and oxygen atoms in total. The maximum atomic E-state index is 13.6. The fourth-order valence-electron chi connectivity index (χ4n) is 3.51. The van der Waals surface area contributed by atoms with Gasteiger partial charge in [-0.1, -0.05) is 6.07 Å². The predicted octanol–water partition coefficient (Wildman–Crippen LogP) is 1.44. The van der Waals surface area contributed by atoms with Gasteiger partial charge in [0, 0.05) is 16.6 Å².